The molecule has 3 N–H and O–H groups in total. The van der Waals surface area contributed by atoms with Crippen LogP contribution in [-0.2, 0) is 17.1 Å². The molecule has 8 nitrogen and oxygen atoms in total. The number of aromatic amines is 1. The van der Waals surface area contributed by atoms with E-state index in [4.69, 9.17) is 16.7 Å². The molecule has 0 atom stereocenters. The highest BCUT2D eigenvalue weighted by Gasteiger charge is 2.39. The van der Waals surface area contributed by atoms with Gasteiger partial charge in [-0.05, 0) is 6.07 Å². The van der Waals surface area contributed by atoms with E-state index in [0.717, 1.165) is 12.3 Å². The first-order chi connectivity index (χ1) is 11.2. The molecule has 0 bridgehead atoms. The summed E-state index contributed by atoms with van der Waals surface area (Å²) < 4.78 is 28.2. The average molecular weight is 361 g/mol. The van der Waals surface area contributed by atoms with Crippen molar-refractivity contribution >= 4 is 23.4 Å². The zero-order valence-electron chi connectivity index (χ0n) is 11.9. The predicted molar refractivity (Wildman–Crippen MR) is 79.0 cm³/mol. The van der Waals surface area contributed by atoms with Crippen LogP contribution < -0.4 is 15.6 Å². The van der Waals surface area contributed by atoms with Gasteiger partial charge in [0, 0.05) is 12.1 Å². The largest absolute Gasteiger partial charge is 0.618 e. The van der Waals surface area contributed by atoms with E-state index in [9.17, 15) is 23.6 Å². The number of rotatable bonds is 6. The number of carboxylic acids is 1. The molecule has 0 spiro atoms. The smallest absolute Gasteiger partial charge is 0.347 e. The highest BCUT2D eigenvalue weighted by atomic mass is 35.5. The van der Waals surface area contributed by atoms with Crippen LogP contribution in [0.4, 0.5) is 14.6 Å². The third-order valence-electron chi connectivity index (χ3n) is 2.93. The molecule has 128 valence electrons. The first-order valence-electron chi connectivity index (χ1n) is 6.51. The van der Waals surface area contributed by atoms with Gasteiger partial charge in [0.1, 0.15) is 5.15 Å². The van der Waals surface area contributed by atoms with Crippen LogP contribution in [0.3, 0.4) is 0 Å². The number of alkyl halides is 2. The van der Waals surface area contributed by atoms with Gasteiger partial charge in [-0.1, -0.05) is 11.6 Å². The van der Waals surface area contributed by atoms with Crippen LogP contribution in [0.2, 0.25) is 5.15 Å². The molecule has 2 heterocycles. The second-order valence-corrected chi connectivity index (χ2v) is 5.09. The van der Waals surface area contributed by atoms with Crippen molar-refractivity contribution in [1.29, 1.82) is 0 Å². The zero-order chi connectivity index (χ0) is 17.9. The van der Waals surface area contributed by atoms with Crippen molar-refractivity contribution in [3.8, 4) is 0 Å². The van der Waals surface area contributed by atoms with Crippen molar-refractivity contribution < 1.29 is 23.4 Å². The fraction of sp³-hybridized carbons (Fsp3) is 0.231. The van der Waals surface area contributed by atoms with Crippen LogP contribution in [0.25, 0.3) is 0 Å². The fourth-order valence-corrected chi connectivity index (χ4v) is 2.04. The SMILES string of the molecule is O=C(O)Cc1nc(NCC(F)(F)c2cccc[n+]2[O-])c(=O)[nH]c1Cl. The summed E-state index contributed by atoms with van der Waals surface area (Å²) in [6, 6.07) is 3.52. The Morgan fingerprint density at radius 2 is 2.21 bits per heavy atom. The minimum atomic E-state index is -3.59. The minimum absolute atomic E-state index is 0.0110. The van der Waals surface area contributed by atoms with E-state index in [1.54, 1.807) is 0 Å². The van der Waals surface area contributed by atoms with Crippen molar-refractivity contribution in [2.75, 3.05) is 11.9 Å². The van der Waals surface area contributed by atoms with Crippen LogP contribution in [0, 0.1) is 5.21 Å². The van der Waals surface area contributed by atoms with Gasteiger partial charge in [0.25, 0.3) is 11.3 Å². The molecule has 0 fully saturated rings. The summed E-state index contributed by atoms with van der Waals surface area (Å²) in [4.78, 5) is 28.1. The second kappa shape index (κ2) is 6.79. The van der Waals surface area contributed by atoms with E-state index >= 15 is 0 Å². The van der Waals surface area contributed by atoms with Crippen molar-refractivity contribution in [3.05, 3.63) is 56.5 Å². The third-order valence-corrected chi connectivity index (χ3v) is 3.25. The van der Waals surface area contributed by atoms with Crippen LogP contribution >= 0.6 is 11.6 Å². The quantitative estimate of drug-likeness (QED) is 0.519. The van der Waals surface area contributed by atoms with Gasteiger partial charge in [0.2, 0.25) is 0 Å². The molecule has 11 heteroatoms. The summed E-state index contributed by atoms with van der Waals surface area (Å²) in [5.74, 6) is -5.38. The third kappa shape index (κ3) is 3.96. The van der Waals surface area contributed by atoms with Crippen LogP contribution in [0.5, 0.6) is 0 Å². The second-order valence-electron chi connectivity index (χ2n) is 4.72. The molecule has 2 aromatic rings. The predicted octanol–water partition coefficient (Wildman–Crippen LogP) is 0.888. The number of nitrogens with zero attached hydrogens (tertiary/aromatic N) is 2. The number of aliphatic carboxylic acids is 1. The molecule has 0 aliphatic carbocycles. The van der Waals surface area contributed by atoms with E-state index in [2.05, 4.69) is 15.3 Å². The lowest BCUT2D eigenvalue weighted by atomic mass is 10.2. The van der Waals surface area contributed by atoms with Gasteiger partial charge < -0.3 is 20.6 Å². The average Bonchev–Trinajstić information content (AvgIpc) is 2.48. The van der Waals surface area contributed by atoms with Crippen LogP contribution in [0.1, 0.15) is 11.4 Å². The Kier molecular flexibility index (Phi) is 4.98. The number of hydrogen-bond acceptors (Lipinski definition) is 5. The van der Waals surface area contributed by atoms with Gasteiger partial charge in [0.05, 0.1) is 18.7 Å². The summed E-state index contributed by atoms with van der Waals surface area (Å²) in [5, 5.41) is 21.9. The van der Waals surface area contributed by atoms with Gasteiger partial charge in [-0.25, -0.2) is 4.98 Å². The molecule has 0 unspecified atom stereocenters. The molecule has 0 aromatic carbocycles. The highest BCUT2D eigenvalue weighted by Crippen LogP contribution is 2.25. The minimum Gasteiger partial charge on any atom is -0.618 e. The molecular weight excluding hydrogens is 350 g/mol. The number of carboxylic acid groups (broad SMARTS) is 1. The van der Waals surface area contributed by atoms with Crippen molar-refractivity contribution in [2.45, 2.75) is 12.3 Å². The molecule has 0 amide bonds. The monoisotopic (exact) mass is 360 g/mol. The summed E-state index contributed by atoms with van der Waals surface area (Å²) >= 11 is 5.65. The Labute approximate surface area is 138 Å². The van der Waals surface area contributed by atoms with Gasteiger partial charge in [-0.2, -0.15) is 13.5 Å². The fourth-order valence-electron chi connectivity index (χ4n) is 1.84. The number of hydrogen-bond donors (Lipinski definition) is 3. The maximum Gasteiger partial charge on any atom is 0.347 e. The van der Waals surface area contributed by atoms with E-state index in [-0.39, 0.29) is 15.6 Å². The number of anilines is 1. The number of H-pyrrole nitrogens is 1. The summed E-state index contributed by atoms with van der Waals surface area (Å²) in [6.45, 7) is -1.09. The van der Waals surface area contributed by atoms with E-state index < -0.39 is 41.9 Å². The van der Waals surface area contributed by atoms with E-state index in [1.807, 2.05) is 0 Å². The Hall–Kier alpha value is -2.75. The molecule has 2 aromatic heterocycles. The molecule has 0 radical (unpaired) electrons. The normalized spacial score (nSPS) is 11.3. The maximum absolute atomic E-state index is 14.1. The lowest BCUT2D eigenvalue weighted by Gasteiger charge is -2.16. The van der Waals surface area contributed by atoms with Gasteiger partial charge >= 0.3 is 11.9 Å². The molecular formula is C13H11ClF2N4O4. The molecule has 0 aliphatic rings. The molecule has 24 heavy (non-hydrogen) atoms. The number of pyridine rings is 1. The first-order valence-corrected chi connectivity index (χ1v) is 6.89. The number of halogens is 3. The summed E-state index contributed by atoms with van der Waals surface area (Å²) in [6.07, 6.45) is 0.321. The van der Waals surface area contributed by atoms with E-state index in [1.165, 1.54) is 12.1 Å². The maximum atomic E-state index is 14.1. The number of carbonyl (C=O) groups is 1. The van der Waals surface area contributed by atoms with E-state index in [0.29, 0.717) is 0 Å². The number of nitrogens with one attached hydrogen (secondary N) is 2. The highest BCUT2D eigenvalue weighted by molar-refractivity contribution is 6.30. The lowest BCUT2D eigenvalue weighted by molar-refractivity contribution is -0.624. The van der Waals surface area contributed by atoms with Crippen LogP contribution in [-0.4, -0.2) is 27.6 Å². The molecule has 0 saturated heterocycles. The number of aromatic nitrogens is 3. The lowest BCUT2D eigenvalue weighted by Crippen LogP contribution is -2.41. The van der Waals surface area contributed by atoms with Crippen LogP contribution in [0.15, 0.2) is 29.2 Å². The Morgan fingerprint density at radius 3 is 2.83 bits per heavy atom. The van der Waals surface area contributed by atoms with Crippen molar-refractivity contribution in [1.82, 2.24) is 9.97 Å². The van der Waals surface area contributed by atoms with Gasteiger partial charge in [0.15, 0.2) is 12.0 Å². The standard InChI is InChI=1S/C13H11ClF2N4O4/c14-10-7(5-9(21)22)18-11(12(23)19-10)17-6-13(15,16)8-3-1-2-4-20(8)24/h1-4H,5-6H2,(H,17,18)(H,19,23)(H,21,22). The van der Waals surface area contributed by atoms with Crippen molar-refractivity contribution in [2.24, 2.45) is 0 Å². The van der Waals surface area contributed by atoms with Gasteiger partial charge in [-0.15, -0.1) is 0 Å². The Morgan fingerprint density at radius 1 is 1.50 bits per heavy atom. The van der Waals surface area contributed by atoms with Gasteiger partial charge in [-0.3, -0.25) is 9.59 Å². The topological polar surface area (TPSA) is 122 Å². The Balaban J connectivity index is 2.24. The summed E-state index contributed by atoms with van der Waals surface area (Å²) in [7, 11) is 0. The van der Waals surface area contributed by atoms with Crippen molar-refractivity contribution in [3.63, 3.8) is 0 Å². The summed E-state index contributed by atoms with van der Waals surface area (Å²) in [5.41, 5.74) is -1.89. The molecule has 2 rings (SSSR count). The molecule has 0 saturated carbocycles. The zero-order valence-corrected chi connectivity index (χ0v) is 12.7. The molecule has 0 aliphatic heterocycles. The Bertz CT molecular complexity index is 828. The first kappa shape index (κ1) is 17.6.